The van der Waals surface area contributed by atoms with Crippen LogP contribution in [0.3, 0.4) is 0 Å². The Morgan fingerprint density at radius 3 is 2.15 bits per heavy atom. The molecule has 0 spiro atoms. The van der Waals surface area contributed by atoms with Gasteiger partial charge in [-0.3, -0.25) is 13.9 Å². The lowest BCUT2D eigenvalue weighted by atomic mass is 10.0. The molecule has 11 heteroatoms. The SMILES string of the molecule is CCCNC(=O)C(Cc1ccccc1)N(Cc1ccc(Cl)c(Cl)c1)C(=O)CN(c1ccc(C)cc1)S(=O)(=O)c1ccc(OCC)cc1. The van der Waals surface area contributed by atoms with Crippen LogP contribution < -0.4 is 14.4 Å². The summed E-state index contributed by atoms with van der Waals surface area (Å²) >= 11 is 12.5. The molecule has 47 heavy (non-hydrogen) atoms. The number of ether oxygens (including phenoxy) is 1. The Kier molecular flexibility index (Phi) is 12.7. The second-order valence-electron chi connectivity index (χ2n) is 11.0. The van der Waals surface area contributed by atoms with Gasteiger partial charge in [-0.2, -0.15) is 0 Å². The van der Waals surface area contributed by atoms with Crippen LogP contribution in [0.25, 0.3) is 0 Å². The average Bonchev–Trinajstić information content (AvgIpc) is 3.07. The zero-order valence-electron chi connectivity index (χ0n) is 26.7. The second-order valence-corrected chi connectivity index (χ2v) is 13.7. The van der Waals surface area contributed by atoms with Gasteiger partial charge in [0.25, 0.3) is 10.0 Å². The Morgan fingerprint density at radius 2 is 1.53 bits per heavy atom. The number of benzene rings is 4. The molecule has 0 fully saturated rings. The highest BCUT2D eigenvalue weighted by atomic mass is 35.5. The first-order valence-electron chi connectivity index (χ1n) is 15.4. The van der Waals surface area contributed by atoms with E-state index in [0.717, 1.165) is 15.4 Å². The van der Waals surface area contributed by atoms with E-state index in [1.807, 2.05) is 51.1 Å². The average molecular weight is 697 g/mol. The van der Waals surface area contributed by atoms with Crippen LogP contribution in [0.4, 0.5) is 5.69 Å². The van der Waals surface area contributed by atoms with Gasteiger partial charge in [0.15, 0.2) is 0 Å². The second kappa shape index (κ2) is 16.7. The molecule has 1 atom stereocenters. The van der Waals surface area contributed by atoms with Gasteiger partial charge in [0.2, 0.25) is 11.8 Å². The van der Waals surface area contributed by atoms with Crippen LogP contribution >= 0.6 is 23.2 Å². The maximum absolute atomic E-state index is 14.5. The van der Waals surface area contributed by atoms with Crippen LogP contribution in [-0.2, 0) is 32.6 Å². The Balaban J connectivity index is 1.79. The molecule has 0 aromatic heterocycles. The fraction of sp³-hybridized carbons (Fsp3) is 0.278. The van der Waals surface area contributed by atoms with Crippen molar-refractivity contribution in [1.82, 2.24) is 10.2 Å². The molecule has 4 aromatic rings. The zero-order valence-corrected chi connectivity index (χ0v) is 29.0. The molecule has 0 aliphatic rings. The standard InChI is InChI=1S/C36H39Cl2N3O5S/c1-4-21-39-36(43)34(23-27-9-7-6-8-10-27)40(24-28-13-20-32(37)33(38)22-28)35(42)25-41(29-14-11-26(3)12-15-29)47(44,45)31-18-16-30(17-19-31)46-5-2/h6-20,22,34H,4-5,21,23-25H2,1-3H3,(H,39,43). The van der Waals surface area contributed by atoms with E-state index in [1.165, 1.54) is 17.0 Å². The van der Waals surface area contributed by atoms with Gasteiger partial charge in [-0.25, -0.2) is 8.42 Å². The third-order valence-electron chi connectivity index (χ3n) is 7.48. The summed E-state index contributed by atoms with van der Waals surface area (Å²) in [7, 11) is -4.24. The zero-order chi connectivity index (χ0) is 34.0. The highest BCUT2D eigenvalue weighted by Gasteiger charge is 2.34. The molecule has 4 rings (SSSR count). The van der Waals surface area contributed by atoms with Gasteiger partial charge in [0.1, 0.15) is 18.3 Å². The number of sulfonamides is 1. The molecule has 8 nitrogen and oxygen atoms in total. The quantitative estimate of drug-likeness (QED) is 0.144. The predicted molar refractivity (Wildman–Crippen MR) is 188 cm³/mol. The highest BCUT2D eigenvalue weighted by Crippen LogP contribution is 2.28. The van der Waals surface area contributed by atoms with E-state index in [0.29, 0.717) is 46.6 Å². The van der Waals surface area contributed by atoms with Crippen molar-refractivity contribution in [3.05, 3.63) is 124 Å². The molecule has 0 radical (unpaired) electrons. The minimum atomic E-state index is -4.24. The van der Waals surface area contributed by atoms with Crippen LogP contribution in [0.2, 0.25) is 10.0 Å². The summed E-state index contributed by atoms with van der Waals surface area (Å²) in [4.78, 5) is 29.7. The van der Waals surface area contributed by atoms with Crippen LogP contribution in [0.5, 0.6) is 5.75 Å². The van der Waals surface area contributed by atoms with Crippen LogP contribution in [0, 0.1) is 6.92 Å². The first-order valence-corrected chi connectivity index (χ1v) is 17.6. The van der Waals surface area contributed by atoms with Crippen LogP contribution in [0.1, 0.15) is 37.0 Å². The summed E-state index contributed by atoms with van der Waals surface area (Å²) in [6.07, 6.45) is 0.908. The van der Waals surface area contributed by atoms with E-state index in [4.69, 9.17) is 27.9 Å². The van der Waals surface area contributed by atoms with Crippen molar-refractivity contribution >= 4 is 50.7 Å². The van der Waals surface area contributed by atoms with Crippen LogP contribution in [-0.4, -0.2) is 50.9 Å². The monoisotopic (exact) mass is 695 g/mol. The van der Waals surface area contributed by atoms with Gasteiger partial charge in [-0.05, 0) is 79.9 Å². The topological polar surface area (TPSA) is 96.0 Å². The highest BCUT2D eigenvalue weighted by molar-refractivity contribution is 7.92. The normalized spacial score (nSPS) is 11.9. The van der Waals surface area contributed by atoms with Gasteiger partial charge >= 0.3 is 0 Å². The van der Waals surface area contributed by atoms with Crippen molar-refractivity contribution in [1.29, 1.82) is 0 Å². The number of halogens is 2. The molecule has 4 aromatic carbocycles. The lowest BCUT2D eigenvalue weighted by Crippen LogP contribution is -2.53. The van der Waals surface area contributed by atoms with Crippen LogP contribution in [0.15, 0.2) is 102 Å². The van der Waals surface area contributed by atoms with E-state index in [-0.39, 0.29) is 23.8 Å². The van der Waals surface area contributed by atoms with Crippen molar-refractivity contribution in [2.75, 3.05) is 24.0 Å². The lowest BCUT2D eigenvalue weighted by molar-refractivity contribution is -0.140. The summed E-state index contributed by atoms with van der Waals surface area (Å²) in [6, 6.07) is 26.4. The van der Waals surface area contributed by atoms with Gasteiger partial charge in [0.05, 0.1) is 27.2 Å². The number of carbonyl (C=O) groups is 2. The van der Waals surface area contributed by atoms with Gasteiger partial charge in [0, 0.05) is 19.5 Å². The van der Waals surface area contributed by atoms with E-state index >= 15 is 0 Å². The number of anilines is 1. The molecule has 0 aliphatic carbocycles. The number of hydrogen-bond donors (Lipinski definition) is 1. The fourth-order valence-corrected chi connectivity index (χ4v) is 6.73. The summed E-state index contributed by atoms with van der Waals surface area (Å²) < 4.78 is 35.0. The first kappa shape index (κ1) is 35.8. The van der Waals surface area contributed by atoms with Crippen molar-refractivity contribution in [2.45, 2.75) is 51.1 Å². The van der Waals surface area contributed by atoms with Gasteiger partial charge < -0.3 is 15.0 Å². The third kappa shape index (κ3) is 9.50. The smallest absolute Gasteiger partial charge is 0.264 e. The summed E-state index contributed by atoms with van der Waals surface area (Å²) in [5, 5.41) is 3.58. The van der Waals surface area contributed by atoms with E-state index in [9.17, 15) is 18.0 Å². The molecular weight excluding hydrogens is 657 g/mol. The maximum Gasteiger partial charge on any atom is 0.264 e. The van der Waals surface area contributed by atoms with Crippen molar-refractivity contribution in [3.8, 4) is 5.75 Å². The molecule has 248 valence electrons. The molecule has 0 saturated heterocycles. The molecule has 0 heterocycles. The Bertz CT molecular complexity index is 1750. The number of nitrogens with zero attached hydrogens (tertiary/aromatic N) is 2. The number of rotatable bonds is 15. The first-order chi connectivity index (χ1) is 22.5. The Morgan fingerprint density at radius 1 is 0.851 bits per heavy atom. The summed E-state index contributed by atoms with van der Waals surface area (Å²) in [5.41, 5.74) is 2.71. The number of carbonyl (C=O) groups excluding carboxylic acids is 2. The molecule has 2 amide bonds. The van der Waals surface area contributed by atoms with Crippen molar-refractivity contribution in [3.63, 3.8) is 0 Å². The number of nitrogens with one attached hydrogen (secondary N) is 1. The predicted octanol–water partition coefficient (Wildman–Crippen LogP) is 7.06. The largest absolute Gasteiger partial charge is 0.494 e. The Labute approximate surface area is 287 Å². The van der Waals surface area contributed by atoms with E-state index < -0.39 is 28.5 Å². The number of amides is 2. The number of hydrogen-bond acceptors (Lipinski definition) is 5. The maximum atomic E-state index is 14.5. The van der Waals surface area contributed by atoms with Gasteiger partial charge in [-0.1, -0.05) is 84.2 Å². The molecule has 0 aliphatic heterocycles. The molecule has 0 saturated carbocycles. The van der Waals surface area contributed by atoms with Crippen molar-refractivity contribution in [2.24, 2.45) is 0 Å². The lowest BCUT2D eigenvalue weighted by Gasteiger charge is -2.34. The number of aryl methyl sites for hydroxylation is 1. The fourth-order valence-electron chi connectivity index (χ4n) is 5.00. The molecule has 0 bridgehead atoms. The summed E-state index contributed by atoms with van der Waals surface area (Å²) in [5.74, 6) is -0.391. The Hall–Kier alpha value is -4.05. The molecular formula is C36H39Cl2N3O5S. The van der Waals surface area contributed by atoms with E-state index in [1.54, 1.807) is 54.6 Å². The minimum absolute atomic E-state index is 0.00751. The van der Waals surface area contributed by atoms with Gasteiger partial charge in [-0.15, -0.1) is 0 Å². The summed E-state index contributed by atoms with van der Waals surface area (Å²) in [6.45, 7) is 5.94. The molecule has 1 N–H and O–H groups in total. The minimum Gasteiger partial charge on any atom is -0.494 e. The molecule has 1 unspecified atom stereocenters. The van der Waals surface area contributed by atoms with E-state index in [2.05, 4.69) is 5.32 Å². The van der Waals surface area contributed by atoms with Crippen molar-refractivity contribution < 1.29 is 22.7 Å². The third-order valence-corrected chi connectivity index (χ3v) is 10.0.